The quantitative estimate of drug-likeness (QED) is 0.663. The number of nitro groups is 1. The topological polar surface area (TPSA) is 92.5 Å². The van der Waals surface area contributed by atoms with Gasteiger partial charge in [0, 0.05) is 31.8 Å². The van der Waals surface area contributed by atoms with E-state index in [2.05, 4.69) is 5.32 Å². The third-order valence-electron chi connectivity index (χ3n) is 3.55. The molecule has 8 heteroatoms. The molecular formula is C13H19N3O4S. The van der Waals surface area contributed by atoms with Crippen molar-refractivity contribution in [2.45, 2.75) is 25.2 Å². The highest BCUT2D eigenvalue weighted by molar-refractivity contribution is 7.89. The van der Waals surface area contributed by atoms with E-state index in [-0.39, 0.29) is 16.3 Å². The van der Waals surface area contributed by atoms with Crippen LogP contribution in [0.3, 0.4) is 0 Å². The SMILES string of the molecule is CCNc1cc([N+](=O)[O-])ccc1S(=O)(=O)N1CCC(C)C1. The maximum Gasteiger partial charge on any atom is 0.271 e. The van der Waals surface area contributed by atoms with Crippen molar-refractivity contribution in [1.82, 2.24) is 4.31 Å². The minimum Gasteiger partial charge on any atom is -0.384 e. The van der Waals surface area contributed by atoms with Crippen molar-refractivity contribution >= 4 is 21.4 Å². The van der Waals surface area contributed by atoms with E-state index in [1.807, 2.05) is 13.8 Å². The number of nitro benzene ring substituents is 1. The van der Waals surface area contributed by atoms with Crippen molar-refractivity contribution in [2.24, 2.45) is 5.92 Å². The standard InChI is InChI=1S/C13H19N3O4S/c1-3-14-12-8-11(16(17)18)4-5-13(12)21(19,20)15-7-6-10(2)9-15/h4-5,8,10,14H,3,6-7,9H2,1-2H3. The van der Waals surface area contributed by atoms with Crippen LogP contribution in [-0.4, -0.2) is 37.3 Å². The highest BCUT2D eigenvalue weighted by Gasteiger charge is 2.32. The van der Waals surface area contributed by atoms with Crippen molar-refractivity contribution in [3.05, 3.63) is 28.3 Å². The van der Waals surface area contributed by atoms with Crippen LogP contribution in [0.4, 0.5) is 11.4 Å². The Morgan fingerprint density at radius 1 is 1.48 bits per heavy atom. The lowest BCUT2D eigenvalue weighted by atomic mass is 10.2. The molecule has 1 aliphatic rings. The average molecular weight is 313 g/mol. The summed E-state index contributed by atoms with van der Waals surface area (Å²) < 4.78 is 26.8. The van der Waals surface area contributed by atoms with E-state index < -0.39 is 14.9 Å². The maximum atomic E-state index is 12.7. The van der Waals surface area contributed by atoms with Gasteiger partial charge in [0.1, 0.15) is 4.90 Å². The van der Waals surface area contributed by atoms with Gasteiger partial charge in [-0.15, -0.1) is 0 Å². The van der Waals surface area contributed by atoms with E-state index in [1.165, 1.54) is 22.5 Å². The Morgan fingerprint density at radius 2 is 2.19 bits per heavy atom. The fourth-order valence-electron chi connectivity index (χ4n) is 2.44. The van der Waals surface area contributed by atoms with Gasteiger partial charge in [-0.25, -0.2) is 8.42 Å². The van der Waals surface area contributed by atoms with E-state index in [0.717, 1.165) is 6.42 Å². The average Bonchev–Trinajstić information content (AvgIpc) is 2.86. The zero-order valence-electron chi connectivity index (χ0n) is 12.1. The molecule has 1 unspecified atom stereocenters. The smallest absolute Gasteiger partial charge is 0.271 e. The predicted octanol–water partition coefficient (Wildman–Crippen LogP) is 2.06. The fraction of sp³-hybridized carbons (Fsp3) is 0.538. The molecule has 1 heterocycles. The summed E-state index contributed by atoms with van der Waals surface area (Å²) >= 11 is 0. The number of hydrogen-bond donors (Lipinski definition) is 1. The number of anilines is 1. The Morgan fingerprint density at radius 3 is 2.71 bits per heavy atom. The van der Waals surface area contributed by atoms with Gasteiger partial charge in [-0.2, -0.15) is 4.31 Å². The Labute approximate surface area is 124 Å². The Hall–Kier alpha value is -1.67. The Kier molecular flexibility index (Phi) is 4.48. The van der Waals surface area contributed by atoms with Crippen molar-refractivity contribution < 1.29 is 13.3 Å². The largest absolute Gasteiger partial charge is 0.384 e. The third kappa shape index (κ3) is 3.16. The lowest BCUT2D eigenvalue weighted by Crippen LogP contribution is -2.29. The number of sulfonamides is 1. The van der Waals surface area contributed by atoms with Crippen LogP contribution >= 0.6 is 0 Å². The molecule has 0 saturated carbocycles. The van der Waals surface area contributed by atoms with Gasteiger partial charge in [0.05, 0.1) is 10.6 Å². The maximum absolute atomic E-state index is 12.7. The third-order valence-corrected chi connectivity index (χ3v) is 5.47. The number of rotatable bonds is 5. The normalized spacial score (nSPS) is 19.6. The summed E-state index contributed by atoms with van der Waals surface area (Å²) in [6.45, 7) is 5.29. The van der Waals surface area contributed by atoms with Crippen LogP contribution in [-0.2, 0) is 10.0 Å². The van der Waals surface area contributed by atoms with E-state index >= 15 is 0 Å². The highest BCUT2D eigenvalue weighted by atomic mass is 32.2. The van der Waals surface area contributed by atoms with Gasteiger partial charge in [0.25, 0.3) is 5.69 Å². The van der Waals surface area contributed by atoms with Gasteiger partial charge in [0.2, 0.25) is 10.0 Å². The van der Waals surface area contributed by atoms with Crippen LogP contribution in [0.15, 0.2) is 23.1 Å². The molecule has 0 aromatic heterocycles. The molecule has 0 radical (unpaired) electrons. The lowest BCUT2D eigenvalue weighted by Gasteiger charge is -2.18. The highest BCUT2D eigenvalue weighted by Crippen LogP contribution is 2.31. The van der Waals surface area contributed by atoms with Gasteiger partial charge in [-0.05, 0) is 25.3 Å². The molecule has 0 amide bonds. The molecule has 1 aromatic rings. The lowest BCUT2D eigenvalue weighted by molar-refractivity contribution is -0.384. The molecule has 2 rings (SSSR count). The summed E-state index contributed by atoms with van der Waals surface area (Å²) in [5.74, 6) is 0.334. The van der Waals surface area contributed by atoms with Gasteiger partial charge in [-0.1, -0.05) is 6.92 Å². The van der Waals surface area contributed by atoms with Crippen molar-refractivity contribution in [2.75, 3.05) is 25.0 Å². The minimum atomic E-state index is -3.62. The van der Waals surface area contributed by atoms with Gasteiger partial charge >= 0.3 is 0 Å². The van der Waals surface area contributed by atoms with Crippen molar-refractivity contribution in [3.63, 3.8) is 0 Å². The van der Waals surface area contributed by atoms with Crippen LogP contribution in [0.1, 0.15) is 20.3 Å². The van der Waals surface area contributed by atoms with E-state index in [0.29, 0.717) is 25.6 Å². The van der Waals surface area contributed by atoms with Crippen LogP contribution < -0.4 is 5.32 Å². The first-order valence-corrected chi connectivity index (χ1v) is 8.32. The number of non-ortho nitro benzene ring substituents is 1. The summed E-state index contributed by atoms with van der Waals surface area (Å²) in [4.78, 5) is 10.4. The number of nitrogens with one attached hydrogen (secondary N) is 1. The monoisotopic (exact) mass is 313 g/mol. The molecule has 1 fully saturated rings. The molecule has 1 N–H and O–H groups in total. The van der Waals surface area contributed by atoms with Gasteiger partial charge < -0.3 is 5.32 Å². The van der Waals surface area contributed by atoms with Crippen LogP contribution in [0.5, 0.6) is 0 Å². The number of benzene rings is 1. The van der Waals surface area contributed by atoms with Crippen LogP contribution in [0.25, 0.3) is 0 Å². The Balaban J connectivity index is 2.44. The summed E-state index contributed by atoms with van der Waals surface area (Å²) in [5, 5.41) is 13.7. The number of nitrogens with zero attached hydrogens (tertiary/aromatic N) is 2. The van der Waals surface area contributed by atoms with E-state index in [1.54, 1.807) is 0 Å². The van der Waals surface area contributed by atoms with Crippen LogP contribution in [0.2, 0.25) is 0 Å². The molecule has 1 saturated heterocycles. The fourth-order valence-corrected chi connectivity index (χ4v) is 4.16. The summed E-state index contributed by atoms with van der Waals surface area (Å²) in [7, 11) is -3.62. The molecule has 1 aromatic carbocycles. The second-order valence-electron chi connectivity index (χ2n) is 5.22. The first kappa shape index (κ1) is 15.7. The van der Waals surface area contributed by atoms with Crippen molar-refractivity contribution in [3.8, 4) is 0 Å². The summed E-state index contributed by atoms with van der Waals surface area (Å²) in [6, 6.07) is 3.82. The molecule has 0 spiro atoms. The van der Waals surface area contributed by atoms with E-state index in [4.69, 9.17) is 0 Å². The second-order valence-corrected chi connectivity index (χ2v) is 7.13. The molecule has 1 aliphatic heterocycles. The second kappa shape index (κ2) is 5.98. The first-order valence-electron chi connectivity index (χ1n) is 6.88. The van der Waals surface area contributed by atoms with Crippen LogP contribution in [0, 0.1) is 16.0 Å². The summed E-state index contributed by atoms with van der Waals surface area (Å²) in [5.41, 5.74) is 0.158. The zero-order valence-corrected chi connectivity index (χ0v) is 12.9. The molecule has 21 heavy (non-hydrogen) atoms. The molecule has 116 valence electrons. The zero-order chi connectivity index (χ0) is 15.6. The number of hydrogen-bond acceptors (Lipinski definition) is 5. The molecule has 0 aliphatic carbocycles. The minimum absolute atomic E-state index is 0.101. The van der Waals surface area contributed by atoms with Crippen molar-refractivity contribution in [1.29, 1.82) is 0 Å². The summed E-state index contributed by atoms with van der Waals surface area (Å²) in [6.07, 6.45) is 0.836. The Bertz CT molecular complexity index is 645. The molecule has 1 atom stereocenters. The first-order chi connectivity index (χ1) is 9.86. The molecular weight excluding hydrogens is 294 g/mol. The molecule has 7 nitrogen and oxygen atoms in total. The van der Waals surface area contributed by atoms with Gasteiger partial charge in [0.15, 0.2) is 0 Å². The van der Waals surface area contributed by atoms with E-state index in [9.17, 15) is 18.5 Å². The predicted molar refractivity (Wildman–Crippen MR) is 79.8 cm³/mol. The molecule has 0 bridgehead atoms. The van der Waals surface area contributed by atoms with Gasteiger partial charge in [-0.3, -0.25) is 10.1 Å².